The molecule has 0 spiro atoms. The van der Waals surface area contributed by atoms with Gasteiger partial charge >= 0.3 is 0 Å². The summed E-state index contributed by atoms with van der Waals surface area (Å²) in [6.45, 7) is 2.79. The maximum absolute atomic E-state index is 11.5. The zero-order chi connectivity index (χ0) is 14.5. The van der Waals surface area contributed by atoms with E-state index in [0.717, 1.165) is 30.6 Å². The highest BCUT2D eigenvalue weighted by atomic mass is 32.1. The molecule has 1 aromatic carbocycles. The highest BCUT2D eigenvalue weighted by Crippen LogP contribution is 2.21. The van der Waals surface area contributed by atoms with E-state index in [2.05, 4.69) is 10.2 Å². The van der Waals surface area contributed by atoms with E-state index >= 15 is 0 Å². The molecule has 0 saturated carbocycles. The second-order valence-electron chi connectivity index (χ2n) is 4.81. The summed E-state index contributed by atoms with van der Waals surface area (Å²) < 4.78 is 5.32. The zero-order valence-corrected chi connectivity index (χ0v) is 12.3. The van der Waals surface area contributed by atoms with Crippen LogP contribution in [0.25, 0.3) is 0 Å². The smallest absolute Gasteiger partial charge is 0.234 e. The molecule has 1 fully saturated rings. The normalized spacial score (nSPS) is 16.4. The highest BCUT2D eigenvalue weighted by Gasteiger charge is 2.15. The molecule has 108 valence electrons. The van der Waals surface area contributed by atoms with Crippen molar-refractivity contribution in [2.45, 2.75) is 13.0 Å². The largest absolute Gasteiger partial charge is 0.496 e. The number of nitrogens with one attached hydrogen (secondary N) is 1. The minimum Gasteiger partial charge on any atom is -0.496 e. The number of carbonyl (C=O) groups excluding carboxylic acids is 1. The molecule has 1 heterocycles. The predicted octanol–water partition coefficient (Wildman–Crippen LogP) is 0.651. The average Bonchev–Trinajstić information content (AvgIpc) is 2.62. The summed E-state index contributed by atoms with van der Waals surface area (Å²) in [5, 5.41) is 2.87. The Morgan fingerprint density at radius 1 is 1.55 bits per heavy atom. The molecule has 3 N–H and O–H groups in total. The summed E-state index contributed by atoms with van der Waals surface area (Å²) in [5.74, 6) is 0.753. The second-order valence-corrected chi connectivity index (χ2v) is 5.25. The average molecular weight is 293 g/mol. The van der Waals surface area contributed by atoms with Gasteiger partial charge in [-0.1, -0.05) is 18.3 Å². The van der Waals surface area contributed by atoms with Gasteiger partial charge in [0.25, 0.3) is 0 Å². The molecular formula is C14H19N3O2S. The molecule has 0 radical (unpaired) electrons. The van der Waals surface area contributed by atoms with Crippen LogP contribution in [0.4, 0.5) is 0 Å². The van der Waals surface area contributed by atoms with Crippen molar-refractivity contribution >= 4 is 23.1 Å². The van der Waals surface area contributed by atoms with Crippen LogP contribution in [-0.4, -0.2) is 42.5 Å². The molecule has 1 saturated heterocycles. The Bertz CT molecular complexity index is 519. The Labute approximate surface area is 124 Å². The molecule has 1 amide bonds. The molecule has 2 rings (SSSR count). The van der Waals surface area contributed by atoms with Crippen molar-refractivity contribution in [1.82, 2.24) is 10.2 Å². The number of ether oxygens (including phenoxy) is 1. The van der Waals surface area contributed by atoms with Gasteiger partial charge in [0.05, 0.1) is 19.2 Å². The number of carbonyl (C=O) groups is 1. The van der Waals surface area contributed by atoms with Gasteiger partial charge < -0.3 is 15.8 Å². The topological polar surface area (TPSA) is 67.6 Å². The summed E-state index contributed by atoms with van der Waals surface area (Å²) in [6.07, 6.45) is 0.966. The van der Waals surface area contributed by atoms with Crippen LogP contribution in [0.1, 0.15) is 17.5 Å². The van der Waals surface area contributed by atoms with Gasteiger partial charge in [0.1, 0.15) is 10.7 Å². The Kier molecular flexibility index (Phi) is 4.92. The summed E-state index contributed by atoms with van der Waals surface area (Å²) in [4.78, 5) is 14.0. The third-order valence-corrected chi connectivity index (χ3v) is 3.50. The number of nitrogens with zero attached hydrogens (tertiary/aromatic N) is 1. The molecule has 6 heteroatoms. The van der Waals surface area contributed by atoms with Crippen LogP contribution in [0.2, 0.25) is 0 Å². The fraction of sp³-hybridized carbons (Fsp3) is 0.429. The van der Waals surface area contributed by atoms with Crippen LogP contribution in [0.5, 0.6) is 5.75 Å². The Morgan fingerprint density at radius 3 is 3.05 bits per heavy atom. The molecule has 1 aliphatic rings. The fourth-order valence-electron chi connectivity index (χ4n) is 2.30. The van der Waals surface area contributed by atoms with Crippen LogP contribution in [-0.2, 0) is 11.3 Å². The Balaban J connectivity index is 2.12. The van der Waals surface area contributed by atoms with Crippen molar-refractivity contribution < 1.29 is 9.53 Å². The summed E-state index contributed by atoms with van der Waals surface area (Å²) in [6, 6.07) is 5.77. The van der Waals surface area contributed by atoms with Gasteiger partial charge in [0.15, 0.2) is 0 Å². The third-order valence-electron chi connectivity index (χ3n) is 3.28. The molecule has 0 atom stereocenters. The van der Waals surface area contributed by atoms with Crippen molar-refractivity contribution in [2.75, 3.05) is 26.7 Å². The number of methoxy groups -OCH3 is 1. The lowest BCUT2D eigenvalue weighted by molar-refractivity contribution is -0.121. The summed E-state index contributed by atoms with van der Waals surface area (Å²) >= 11 is 4.99. The minimum atomic E-state index is 0.0780. The molecule has 0 aromatic heterocycles. The van der Waals surface area contributed by atoms with E-state index in [1.165, 1.54) is 0 Å². The summed E-state index contributed by atoms with van der Waals surface area (Å²) in [7, 11) is 1.60. The number of rotatable bonds is 4. The first-order chi connectivity index (χ1) is 9.60. The lowest BCUT2D eigenvalue weighted by atomic mass is 10.1. The molecule has 0 unspecified atom stereocenters. The second kappa shape index (κ2) is 6.67. The van der Waals surface area contributed by atoms with Crippen LogP contribution >= 0.6 is 12.2 Å². The molecular weight excluding hydrogens is 274 g/mol. The number of hydrogen-bond donors (Lipinski definition) is 2. The molecule has 20 heavy (non-hydrogen) atoms. The zero-order valence-electron chi connectivity index (χ0n) is 11.5. The van der Waals surface area contributed by atoms with E-state index < -0.39 is 0 Å². The van der Waals surface area contributed by atoms with Gasteiger partial charge in [-0.2, -0.15) is 0 Å². The quantitative estimate of drug-likeness (QED) is 0.798. The molecule has 0 aliphatic carbocycles. The molecule has 5 nitrogen and oxygen atoms in total. The first kappa shape index (κ1) is 14.7. The van der Waals surface area contributed by atoms with Gasteiger partial charge in [-0.05, 0) is 24.1 Å². The van der Waals surface area contributed by atoms with E-state index in [1.54, 1.807) is 7.11 Å². The molecule has 0 bridgehead atoms. The number of hydrogen-bond acceptors (Lipinski definition) is 4. The maximum Gasteiger partial charge on any atom is 0.234 e. The number of amides is 1. The minimum absolute atomic E-state index is 0.0780. The number of thiocarbonyl (C=S) groups is 1. The van der Waals surface area contributed by atoms with Gasteiger partial charge in [-0.3, -0.25) is 9.69 Å². The third kappa shape index (κ3) is 3.68. The van der Waals surface area contributed by atoms with E-state index in [-0.39, 0.29) is 5.91 Å². The monoisotopic (exact) mass is 293 g/mol. The number of benzene rings is 1. The van der Waals surface area contributed by atoms with Crippen molar-refractivity contribution in [3.05, 3.63) is 29.3 Å². The van der Waals surface area contributed by atoms with Crippen LogP contribution < -0.4 is 15.8 Å². The van der Waals surface area contributed by atoms with Crippen molar-refractivity contribution in [3.8, 4) is 5.75 Å². The first-order valence-corrected chi connectivity index (χ1v) is 6.96. The van der Waals surface area contributed by atoms with Crippen molar-refractivity contribution in [2.24, 2.45) is 5.73 Å². The highest BCUT2D eigenvalue weighted by molar-refractivity contribution is 7.80. The van der Waals surface area contributed by atoms with Gasteiger partial charge in [0, 0.05) is 19.6 Å². The van der Waals surface area contributed by atoms with E-state index in [1.807, 2.05) is 18.2 Å². The van der Waals surface area contributed by atoms with Crippen LogP contribution in [0.15, 0.2) is 18.2 Å². The standard InChI is InChI=1S/C14H19N3O2S/c1-19-12-7-10(3-4-11(12)14(15)20)8-17-6-2-5-16-13(18)9-17/h3-4,7H,2,5-6,8-9H2,1H3,(H2,15,20)(H,16,18). The van der Waals surface area contributed by atoms with Crippen LogP contribution in [0, 0.1) is 0 Å². The maximum atomic E-state index is 11.5. The van der Waals surface area contributed by atoms with Crippen molar-refractivity contribution in [3.63, 3.8) is 0 Å². The fourth-order valence-corrected chi connectivity index (χ4v) is 2.47. The lowest BCUT2D eigenvalue weighted by Gasteiger charge is -2.19. The van der Waals surface area contributed by atoms with Gasteiger partial charge in [-0.25, -0.2) is 0 Å². The van der Waals surface area contributed by atoms with Gasteiger partial charge in [-0.15, -0.1) is 0 Å². The first-order valence-electron chi connectivity index (χ1n) is 6.56. The summed E-state index contributed by atoms with van der Waals surface area (Å²) in [5.41, 5.74) is 7.47. The van der Waals surface area contributed by atoms with E-state index in [0.29, 0.717) is 23.8 Å². The molecule has 1 aromatic rings. The van der Waals surface area contributed by atoms with Crippen molar-refractivity contribution in [1.29, 1.82) is 0 Å². The predicted molar refractivity (Wildman–Crippen MR) is 81.8 cm³/mol. The Morgan fingerprint density at radius 2 is 2.35 bits per heavy atom. The lowest BCUT2D eigenvalue weighted by Crippen LogP contribution is -2.32. The van der Waals surface area contributed by atoms with E-state index in [4.69, 9.17) is 22.7 Å². The van der Waals surface area contributed by atoms with Crippen LogP contribution in [0.3, 0.4) is 0 Å². The number of nitrogens with two attached hydrogens (primary N) is 1. The Hall–Kier alpha value is -1.66. The molecule has 1 aliphatic heterocycles. The van der Waals surface area contributed by atoms with Gasteiger partial charge in [0.2, 0.25) is 5.91 Å². The SMILES string of the molecule is COc1cc(CN2CCCNC(=O)C2)ccc1C(N)=S. The van der Waals surface area contributed by atoms with E-state index in [9.17, 15) is 4.79 Å².